The van der Waals surface area contributed by atoms with Crippen molar-refractivity contribution in [1.29, 1.82) is 0 Å². The Balaban J connectivity index is 1.92. The number of piperazine rings is 1. The molecule has 1 aliphatic heterocycles. The van der Waals surface area contributed by atoms with Crippen molar-refractivity contribution in [2.75, 3.05) is 38.0 Å². The predicted molar refractivity (Wildman–Crippen MR) is 73.7 cm³/mol. The van der Waals surface area contributed by atoms with Gasteiger partial charge in [0.05, 0.1) is 16.7 Å². The van der Waals surface area contributed by atoms with Gasteiger partial charge >= 0.3 is 0 Å². The van der Waals surface area contributed by atoms with E-state index in [1.165, 1.54) is 0 Å². The van der Waals surface area contributed by atoms with Crippen LogP contribution in [0.25, 0.3) is 0 Å². The van der Waals surface area contributed by atoms with E-state index in [1.807, 2.05) is 0 Å². The number of amides is 1. The molecule has 1 amide bonds. The van der Waals surface area contributed by atoms with Crippen molar-refractivity contribution in [1.82, 2.24) is 10.2 Å². The van der Waals surface area contributed by atoms with Crippen LogP contribution >= 0.6 is 15.9 Å². The Bertz CT molecular complexity index is 433. The minimum atomic E-state index is -0.106. The van der Waals surface area contributed by atoms with E-state index >= 15 is 0 Å². The summed E-state index contributed by atoms with van der Waals surface area (Å²) in [7, 11) is 0. The first kappa shape index (κ1) is 13.3. The van der Waals surface area contributed by atoms with E-state index in [-0.39, 0.29) is 11.7 Å². The highest BCUT2D eigenvalue weighted by atomic mass is 79.9. The van der Waals surface area contributed by atoms with Gasteiger partial charge in [-0.2, -0.15) is 0 Å². The highest BCUT2D eigenvalue weighted by molar-refractivity contribution is 9.10. The lowest BCUT2D eigenvalue weighted by Crippen LogP contribution is -2.46. The molecule has 0 aromatic heterocycles. The Kier molecular flexibility index (Phi) is 4.57. The first-order chi connectivity index (χ1) is 8.66. The van der Waals surface area contributed by atoms with E-state index in [1.54, 1.807) is 18.2 Å². The van der Waals surface area contributed by atoms with E-state index < -0.39 is 0 Å². The molecule has 1 aromatic rings. The Hall–Kier alpha value is -1.11. The summed E-state index contributed by atoms with van der Waals surface area (Å²) in [6.45, 7) is 3.92. The number of anilines is 1. The average molecular weight is 314 g/mol. The van der Waals surface area contributed by atoms with Gasteiger partial charge in [0.25, 0.3) is 0 Å². The second-order valence-corrected chi connectivity index (χ2v) is 5.06. The molecule has 1 saturated heterocycles. The molecule has 5 nitrogen and oxygen atoms in total. The van der Waals surface area contributed by atoms with Crippen LogP contribution in [0.3, 0.4) is 0 Å². The van der Waals surface area contributed by atoms with E-state index in [0.29, 0.717) is 16.7 Å². The molecule has 1 heterocycles. The number of halogens is 1. The summed E-state index contributed by atoms with van der Waals surface area (Å²) < 4.78 is 0.572. The lowest BCUT2D eigenvalue weighted by molar-refractivity contribution is -0.117. The van der Waals surface area contributed by atoms with Crippen LogP contribution in [0.4, 0.5) is 5.69 Å². The zero-order valence-corrected chi connectivity index (χ0v) is 11.5. The van der Waals surface area contributed by atoms with E-state index in [0.717, 1.165) is 26.2 Å². The van der Waals surface area contributed by atoms with Gasteiger partial charge in [-0.15, -0.1) is 0 Å². The van der Waals surface area contributed by atoms with Gasteiger partial charge in [-0.1, -0.05) is 6.07 Å². The molecule has 18 heavy (non-hydrogen) atoms. The van der Waals surface area contributed by atoms with Gasteiger partial charge in [0.15, 0.2) is 5.75 Å². The lowest BCUT2D eigenvalue weighted by atomic mass is 10.3. The molecular formula is C12H16BrN3O2. The molecule has 0 atom stereocenters. The standard InChI is InChI=1S/C12H16BrN3O2/c13-9-2-1-3-10(12(9)18)15-11(17)8-16-6-4-14-5-7-16/h1-3,14,18H,4-8H2,(H,15,17). The van der Waals surface area contributed by atoms with Crippen molar-refractivity contribution >= 4 is 27.5 Å². The number of phenolic OH excluding ortho intramolecular Hbond substituents is 1. The van der Waals surface area contributed by atoms with Crippen LogP contribution in [0.15, 0.2) is 22.7 Å². The van der Waals surface area contributed by atoms with Gasteiger partial charge in [-0.3, -0.25) is 9.69 Å². The number of carbonyl (C=O) groups is 1. The van der Waals surface area contributed by atoms with E-state index in [2.05, 4.69) is 31.5 Å². The van der Waals surface area contributed by atoms with Crippen LogP contribution in [-0.2, 0) is 4.79 Å². The van der Waals surface area contributed by atoms with Gasteiger partial charge < -0.3 is 15.7 Å². The third-order valence-corrected chi connectivity index (χ3v) is 3.48. The molecule has 1 fully saturated rings. The molecule has 0 spiro atoms. The number of nitrogens with one attached hydrogen (secondary N) is 2. The van der Waals surface area contributed by atoms with Crippen molar-refractivity contribution in [3.05, 3.63) is 22.7 Å². The number of hydrogen-bond donors (Lipinski definition) is 3. The monoisotopic (exact) mass is 313 g/mol. The van der Waals surface area contributed by atoms with Crippen LogP contribution in [0, 0.1) is 0 Å². The molecule has 0 bridgehead atoms. The van der Waals surface area contributed by atoms with Gasteiger partial charge in [0, 0.05) is 26.2 Å². The third-order valence-electron chi connectivity index (χ3n) is 2.84. The molecule has 0 aliphatic carbocycles. The van der Waals surface area contributed by atoms with Crippen molar-refractivity contribution in [3.63, 3.8) is 0 Å². The smallest absolute Gasteiger partial charge is 0.238 e. The molecule has 0 radical (unpaired) electrons. The first-order valence-electron chi connectivity index (χ1n) is 5.87. The zero-order chi connectivity index (χ0) is 13.0. The minimum absolute atomic E-state index is 0.0613. The molecule has 0 saturated carbocycles. The van der Waals surface area contributed by atoms with E-state index in [4.69, 9.17) is 0 Å². The highest BCUT2D eigenvalue weighted by Gasteiger charge is 2.14. The topological polar surface area (TPSA) is 64.6 Å². The summed E-state index contributed by atoms with van der Waals surface area (Å²) in [5.41, 5.74) is 0.435. The van der Waals surface area contributed by atoms with Crippen LogP contribution in [-0.4, -0.2) is 48.6 Å². The summed E-state index contributed by atoms with van der Waals surface area (Å²) >= 11 is 3.21. The minimum Gasteiger partial charge on any atom is -0.505 e. The van der Waals surface area contributed by atoms with Crippen LogP contribution in [0.1, 0.15) is 0 Å². The van der Waals surface area contributed by atoms with Crippen molar-refractivity contribution in [2.45, 2.75) is 0 Å². The quantitative estimate of drug-likeness (QED) is 0.728. The van der Waals surface area contributed by atoms with Crippen LogP contribution < -0.4 is 10.6 Å². The Morgan fingerprint density at radius 1 is 1.44 bits per heavy atom. The summed E-state index contributed by atoms with van der Waals surface area (Å²) in [6.07, 6.45) is 0. The van der Waals surface area contributed by atoms with Gasteiger partial charge in [0.1, 0.15) is 0 Å². The molecule has 0 unspecified atom stereocenters. The second-order valence-electron chi connectivity index (χ2n) is 4.21. The summed E-state index contributed by atoms with van der Waals surface area (Å²) in [5.74, 6) is -0.0449. The highest BCUT2D eigenvalue weighted by Crippen LogP contribution is 2.31. The van der Waals surface area contributed by atoms with Gasteiger partial charge in [0.2, 0.25) is 5.91 Å². The SMILES string of the molecule is O=C(CN1CCNCC1)Nc1cccc(Br)c1O. The average Bonchev–Trinajstić information content (AvgIpc) is 2.36. The van der Waals surface area contributed by atoms with Gasteiger partial charge in [-0.25, -0.2) is 0 Å². The van der Waals surface area contributed by atoms with Crippen molar-refractivity contribution < 1.29 is 9.90 Å². The molecule has 1 aliphatic rings. The number of rotatable bonds is 3. The van der Waals surface area contributed by atoms with Crippen LogP contribution in [0.5, 0.6) is 5.75 Å². The number of hydrogen-bond acceptors (Lipinski definition) is 4. The summed E-state index contributed by atoms with van der Waals surface area (Å²) in [5, 5.41) is 15.7. The largest absolute Gasteiger partial charge is 0.505 e. The number of nitrogens with zero attached hydrogens (tertiary/aromatic N) is 1. The number of benzene rings is 1. The number of carbonyl (C=O) groups excluding carboxylic acids is 1. The Labute approximate surface area is 114 Å². The first-order valence-corrected chi connectivity index (χ1v) is 6.66. The molecule has 1 aromatic carbocycles. The van der Waals surface area contributed by atoms with Crippen molar-refractivity contribution in [3.8, 4) is 5.75 Å². The number of para-hydroxylation sites is 1. The molecule has 2 rings (SSSR count). The predicted octanol–water partition coefficient (Wildman–Crippen LogP) is 0.998. The molecular weight excluding hydrogens is 298 g/mol. The fraction of sp³-hybridized carbons (Fsp3) is 0.417. The van der Waals surface area contributed by atoms with Gasteiger partial charge in [-0.05, 0) is 28.1 Å². The Morgan fingerprint density at radius 2 is 2.17 bits per heavy atom. The molecule has 98 valence electrons. The summed E-state index contributed by atoms with van der Waals surface area (Å²) in [4.78, 5) is 13.9. The maximum absolute atomic E-state index is 11.8. The van der Waals surface area contributed by atoms with Crippen molar-refractivity contribution in [2.24, 2.45) is 0 Å². The van der Waals surface area contributed by atoms with E-state index in [9.17, 15) is 9.90 Å². The Morgan fingerprint density at radius 3 is 2.89 bits per heavy atom. The fourth-order valence-corrected chi connectivity index (χ4v) is 2.24. The maximum atomic E-state index is 11.8. The summed E-state index contributed by atoms with van der Waals surface area (Å²) in [6, 6.07) is 5.17. The third kappa shape index (κ3) is 3.44. The molecule has 3 N–H and O–H groups in total. The second kappa shape index (κ2) is 6.17. The lowest BCUT2D eigenvalue weighted by Gasteiger charge is -2.26. The van der Waals surface area contributed by atoms with Crippen LogP contribution in [0.2, 0.25) is 0 Å². The number of phenols is 1. The molecule has 6 heteroatoms. The number of aromatic hydroxyl groups is 1. The zero-order valence-electron chi connectivity index (χ0n) is 9.95. The fourth-order valence-electron chi connectivity index (χ4n) is 1.88. The normalized spacial score (nSPS) is 16.5. The maximum Gasteiger partial charge on any atom is 0.238 e.